The first-order chi connectivity index (χ1) is 13.1. The van der Waals surface area contributed by atoms with E-state index in [0.717, 1.165) is 6.07 Å². The van der Waals surface area contributed by atoms with Crippen molar-refractivity contribution in [3.8, 4) is 17.4 Å². The lowest BCUT2D eigenvalue weighted by molar-refractivity contribution is -0.650. The number of H-pyrrole nitrogens is 1. The van der Waals surface area contributed by atoms with Gasteiger partial charge in [0.2, 0.25) is 5.65 Å². The van der Waals surface area contributed by atoms with Crippen LogP contribution in [0.25, 0.3) is 11.2 Å². The van der Waals surface area contributed by atoms with Crippen molar-refractivity contribution in [2.45, 2.75) is 26.3 Å². The lowest BCUT2D eigenvalue weighted by Crippen LogP contribution is -2.35. The van der Waals surface area contributed by atoms with Gasteiger partial charge in [-0.1, -0.05) is 6.07 Å². The molecule has 1 aromatic carbocycles. The number of benzene rings is 1. The summed E-state index contributed by atoms with van der Waals surface area (Å²) in [6, 6.07) is 5.09. The minimum absolute atomic E-state index is 0.0495. The van der Waals surface area contributed by atoms with Gasteiger partial charge in [0.15, 0.2) is 0 Å². The number of nitrogens with zero attached hydrogens (tertiary/aromatic N) is 2. The van der Waals surface area contributed by atoms with Gasteiger partial charge in [-0.25, -0.2) is 4.98 Å². The molecule has 0 saturated heterocycles. The molecule has 28 heavy (non-hydrogen) atoms. The number of ether oxygens (including phenoxy) is 2. The van der Waals surface area contributed by atoms with Gasteiger partial charge < -0.3 is 19.8 Å². The molecule has 0 aliphatic heterocycles. The van der Waals surface area contributed by atoms with E-state index < -0.39 is 12.1 Å². The van der Waals surface area contributed by atoms with Gasteiger partial charge in [-0.05, 0) is 26.0 Å². The lowest BCUT2D eigenvalue weighted by Gasteiger charge is -2.10. The maximum Gasteiger partial charge on any atom is 0.573 e. The first kappa shape index (κ1) is 19.5. The summed E-state index contributed by atoms with van der Waals surface area (Å²) in [6.45, 7) is 3.69. The highest BCUT2D eigenvalue weighted by Crippen LogP contribution is 2.28. The Kier molecular flexibility index (Phi) is 5.12. The molecule has 0 saturated carbocycles. The Bertz CT molecular complexity index is 1010. The highest BCUT2D eigenvalue weighted by atomic mass is 19.4. The highest BCUT2D eigenvalue weighted by molar-refractivity contribution is 6.03. The Morgan fingerprint density at radius 3 is 2.68 bits per heavy atom. The van der Waals surface area contributed by atoms with Gasteiger partial charge >= 0.3 is 12.2 Å². The summed E-state index contributed by atoms with van der Waals surface area (Å²) < 4.78 is 48.3. The molecule has 10 heteroatoms. The quantitative estimate of drug-likeness (QED) is 0.650. The molecular formula is C18H18F3N4O3+. The Labute approximate surface area is 158 Å². The summed E-state index contributed by atoms with van der Waals surface area (Å²) in [5, 5.41) is 2.80. The zero-order valence-electron chi connectivity index (χ0n) is 15.3. The van der Waals surface area contributed by atoms with E-state index in [2.05, 4.69) is 20.0 Å². The molecule has 3 aromatic rings. The minimum atomic E-state index is -4.80. The monoisotopic (exact) mass is 395 g/mol. The zero-order valence-corrected chi connectivity index (χ0v) is 15.3. The van der Waals surface area contributed by atoms with Crippen molar-refractivity contribution in [1.82, 2.24) is 15.3 Å². The van der Waals surface area contributed by atoms with E-state index in [9.17, 15) is 18.0 Å². The number of rotatable bonds is 5. The van der Waals surface area contributed by atoms with Crippen LogP contribution in [0.2, 0.25) is 0 Å². The van der Waals surface area contributed by atoms with E-state index in [-0.39, 0.29) is 23.6 Å². The lowest BCUT2D eigenvalue weighted by atomic mass is 10.2. The van der Waals surface area contributed by atoms with Gasteiger partial charge in [-0.3, -0.25) is 4.79 Å². The van der Waals surface area contributed by atoms with Gasteiger partial charge in [-0.15, -0.1) is 13.2 Å². The fourth-order valence-electron chi connectivity index (χ4n) is 2.62. The number of halogens is 3. The van der Waals surface area contributed by atoms with E-state index in [0.29, 0.717) is 16.7 Å². The minimum Gasteiger partial charge on any atom is -0.406 e. The summed E-state index contributed by atoms with van der Waals surface area (Å²) >= 11 is 0. The van der Waals surface area contributed by atoms with Crippen LogP contribution >= 0.6 is 0 Å². The van der Waals surface area contributed by atoms with E-state index in [1.54, 1.807) is 11.6 Å². The van der Waals surface area contributed by atoms with Crippen LogP contribution in [-0.2, 0) is 7.05 Å². The summed E-state index contributed by atoms with van der Waals surface area (Å²) in [5.74, 6) is -0.325. The normalized spacial score (nSPS) is 11.7. The van der Waals surface area contributed by atoms with Crippen LogP contribution in [0.1, 0.15) is 24.2 Å². The first-order valence-electron chi connectivity index (χ1n) is 8.34. The van der Waals surface area contributed by atoms with Crippen molar-refractivity contribution in [3.63, 3.8) is 0 Å². The Morgan fingerprint density at radius 2 is 2.00 bits per heavy atom. The standard InChI is InChI=1S/C18H17F3N4O3/c1-10(2)24-17(26)13-8-22-16-15(13)25(3)14(9-23-16)27-11-5-4-6-12(7-11)28-18(19,20)21/h4-10H,1-3H3,(H,24,26)/p+1. The summed E-state index contributed by atoms with van der Waals surface area (Å²) in [5.41, 5.74) is 1.34. The molecule has 2 aromatic heterocycles. The van der Waals surface area contributed by atoms with Crippen LogP contribution in [0.3, 0.4) is 0 Å². The number of aryl methyl sites for hydroxylation is 1. The third kappa shape index (κ3) is 4.33. The van der Waals surface area contributed by atoms with Crippen molar-refractivity contribution in [2.75, 3.05) is 0 Å². The van der Waals surface area contributed by atoms with E-state index in [1.165, 1.54) is 30.6 Å². The predicted molar refractivity (Wildman–Crippen MR) is 93.1 cm³/mol. The molecule has 3 rings (SSSR count). The van der Waals surface area contributed by atoms with Crippen molar-refractivity contribution in [1.29, 1.82) is 0 Å². The number of alkyl halides is 3. The zero-order chi connectivity index (χ0) is 20.5. The molecular weight excluding hydrogens is 377 g/mol. The van der Waals surface area contributed by atoms with Crippen molar-refractivity contribution >= 4 is 17.1 Å². The maximum atomic E-state index is 12.4. The number of nitrogens with one attached hydrogen (secondary N) is 2. The van der Waals surface area contributed by atoms with E-state index >= 15 is 0 Å². The van der Waals surface area contributed by atoms with Gasteiger partial charge in [0.05, 0.1) is 0 Å². The number of hydrogen-bond acceptors (Lipinski definition) is 4. The van der Waals surface area contributed by atoms with Crippen molar-refractivity contribution in [3.05, 3.63) is 42.2 Å². The second-order valence-electron chi connectivity index (χ2n) is 6.31. The molecule has 148 valence electrons. The van der Waals surface area contributed by atoms with Gasteiger partial charge in [0.25, 0.3) is 11.4 Å². The number of carbonyl (C=O) groups excluding carboxylic acids is 1. The molecule has 0 atom stereocenters. The molecule has 0 bridgehead atoms. The van der Waals surface area contributed by atoms with Crippen LogP contribution < -0.4 is 19.4 Å². The summed E-state index contributed by atoms with van der Waals surface area (Å²) in [4.78, 5) is 19.5. The predicted octanol–water partition coefficient (Wildman–Crippen LogP) is 3.22. The summed E-state index contributed by atoms with van der Waals surface area (Å²) in [7, 11) is 1.66. The van der Waals surface area contributed by atoms with Gasteiger partial charge in [0.1, 0.15) is 30.3 Å². The van der Waals surface area contributed by atoms with Gasteiger partial charge in [-0.2, -0.15) is 4.57 Å². The first-order valence-corrected chi connectivity index (χ1v) is 8.34. The van der Waals surface area contributed by atoms with E-state index in [1.807, 2.05) is 13.8 Å². The third-order valence-electron chi connectivity index (χ3n) is 3.73. The maximum absolute atomic E-state index is 12.4. The van der Waals surface area contributed by atoms with Crippen molar-refractivity contribution in [2.24, 2.45) is 7.05 Å². The average Bonchev–Trinajstić information content (AvgIpc) is 3.00. The largest absolute Gasteiger partial charge is 0.573 e. The van der Waals surface area contributed by atoms with Crippen LogP contribution in [0, 0.1) is 0 Å². The summed E-state index contributed by atoms with van der Waals surface area (Å²) in [6.07, 6.45) is -1.86. The fourth-order valence-corrected chi connectivity index (χ4v) is 2.62. The topological polar surface area (TPSA) is 80.1 Å². The molecule has 0 aliphatic rings. The molecule has 0 spiro atoms. The molecule has 7 nitrogen and oxygen atoms in total. The van der Waals surface area contributed by atoms with Crippen LogP contribution in [0.15, 0.2) is 36.7 Å². The van der Waals surface area contributed by atoms with Crippen LogP contribution in [0.4, 0.5) is 13.2 Å². The Hall–Kier alpha value is -3.30. The number of amides is 1. The molecule has 0 radical (unpaired) electrons. The Morgan fingerprint density at radius 1 is 1.29 bits per heavy atom. The average molecular weight is 395 g/mol. The fraction of sp³-hybridized carbons (Fsp3) is 0.278. The molecule has 1 amide bonds. The SMILES string of the molecule is CC(C)NC(=O)c1c[nH]c2ncc(Oc3cccc(OC(F)(F)F)c3)[n+](C)c12. The van der Waals surface area contributed by atoms with Crippen molar-refractivity contribution < 1.29 is 32.0 Å². The molecule has 0 fully saturated rings. The smallest absolute Gasteiger partial charge is 0.406 e. The molecule has 0 aliphatic carbocycles. The third-order valence-corrected chi connectivity index (χ3v) is 3.73. The number of carbonyl (C=O) groups is 1. The van der Waals surface area contributed by atoms with Crippen LogP contribution in [0.5, 0.6) is 17.4 Å². The number of aromatic nitrogens is 3. The second kappa shape index (κ2) is 7.37. The molecule has 0 unspecified atom stereocenters. The molecule has 2 N–H and O–H groups in total. The van der Waals surface area contributed by atoms with Crippen LogP contribution in [-0.4, -0.2) is 28.3 Å². The number of aromatic amines is 1. The second-order valence-corrected chi connectivity index (χ2v) is 6.31. The number of fused-ring (bicyclic) bond motifs is 1. The van der Waals surface area contributed by atoms with E-state index in [4.69, 9.17) is 4.74 Å². The molecule has 2 heterocycles. The highest BCUT2D eigenvalue weighted by Gasteiger charge is 2.31. The van der Waals surface area contributed by atoms with Gasteiger partial charge in [0, 0.05) is 18.3 Å². The Balaban J connectivity index is 1.93. The number of hydrogen-bond donors (Lipinski definition) is 2.